The first-order valence-electron chi connectivity index (χ1n) is 11.3. The van der Waals surface area contributed by atoms with Gasteiger partial charge in [-0.25, -0.2) is 0 Å². The number of hydrogen-bond donors (Lipinski definition) is 0. The summed E-state index contributed by atoms with van der Waals surface area (Å²) in [5, 5.41) is 0. The minimum absolute atomic E-state index is 0.200. The first kappa shape index (κ1) is 20.4. The van der Waals surface area contributed by atoms with Gasteiger partial charge in [-0.05, 0) is 84.6 Å². The van der Waals surface area contributed by atoms with Crippen LogP contribution in [0.15, 0.2) is 48.5 Å². The van der Waals surface area contributed by atoms with Crippen molar-refractivity contribution < 1.29 is 13.5 Å². The SMILES string of the molecule is CCCC1CCC2CC(c3ccc(-c4ccc(OC(F)F)cc4)cc3)CCC2C1. The fourth-order valence-electron chi connectivity index (χ4n) is 5.74. The molecule has 0 aromatic heterocycles. The van der Waals surface area contributed by atoms with Crippen molar-refractivity contribution in [3.05, 3.63) is 54.1 Å². The van der Waals surface area contributed by atoms with Gasteiger partial charge in [0.2, 0.25) is 0 Å². The quantitative estimate of drug-likeness (QED) is 0.478. The second-order valence-corrected chi connectivity index (χ2v) is 9.02. The molecule has 0 bridgehead atoms. The largest absolute Gasteiger partial charge is 0.435 e. The summed E-state index contributed by atoms with van der Waals surface area (Å²) in [6.45, 7) is -0.463. The van der Waals surface area contributed by atoms with Crippen LogP contribution >= 0.6 is 0 Å². The van der Waals surface area contributed by atoms with Crippen molar-refractivity contribution in [1.82, 2.24) is 0 Å². The zero-order valence-electron chi connectivity index (χ0n) is 17.3. The molecule has 2 aliphatic carbocycles. The summed E-state index contributed by atoms with van der Waals surface area (Å²) in [6, 6.07) is 15.8. The van der Waals surface area contributed by atoms with Crippen LogP contribution in [0.1, 0.15) is 69.8 Å². The van der Waals surface area contributed by atoms with Crippen molar-refractivity contribution in [1.29, 1.82) is 0 Å². The van der Waals surface area contributed by atoms with Gasteiger partial charge >= 0.3 is 6.61 Å². The summed E-state index contributed by atoms with van der Waals surface area (Å²) in [6.07, 6.45) is 11.1. The van der Waals surface area contributed by atoms with Gasteiger partial charge in [0.1, 0.15) is 5.75 Å². The molecule has 4 atom stereocenters. The number of benzene rings is 2. The lowest BCUT2D eigenvalue weighted by molar-refractivity contribution is -0.0498. The van der Waals surface area contributed by atoms with Crippen molar-refractivity contribution in [2.45, 2.75) is 70.8 Å². The smallest absolute Gasteiger partial charge is 0.387 e. The second-order valence-electron chi connectivity index (χ2n) is 9.02. The highest BCUT2D eigenvalue weighted by molar-refractivity contribution is 5.64. The monoisotopic (exact) mass is 398 g/mol. The molecule has 0 aliphatic heterocycles. The molecule has 3 heteroatoms. The van der Waals surface area contributed by atoms with E-state index in [0.29, 0.717) is 5.92 Å². The van der Waals surface area contributed by atoms with Gasteiger partial charge in [0.25, 0.3) is 0 Å². The Bertz CT molecular complexity index is 768. The standard InChI is InChI=1S/C26H32F2O/c1-2-3-18-4-5-24-17-23(11-10-22(24)16-18)21-8-6-19(7-9-21)20-12-14-25(15-13-20)29-26(27)28/h6-9,12-15,18,22-24,26H,2-5,10-11,16-17H2,1H3. The second kappa shape index (κ2) is 9.28. The Labute approximate surface area is 173 Å². The van der Waals surface area contributed by atoms with Crippen molar-refractivity contribution in [3.8, 4) is 16.9 Å². The summed E-state index contributed by atoms with van der Waals surface area (Å²) in [5.41, 5.74) is 3.60. The van der Waals surface area contributed by atoms with E-state index in [4.69, 9.17) is 0 Å². The van der Waals surface area contributed by atoms with Gasteiger partial charge in [-0.1, -0.05) is 62.6 Å². The van der Waals surface area contributed by atoms with E-state index in [2.05, 4.69) is 35.9 Å². The molecular formula is C26H32F2O. The molecule has 0 saturated heterocycles. The topological polar surface area (TPSA) is 9.23 Å². The van der Waals surface area contributed by atoms with Crippen LogP contribution in [-0.4, -0.2) is 6.61 Å². The summed E-state index contributed by atoms with van der Waals surface area (Å²) in [7, 11) is 0. The Hall–Kier alpha value is -1.90. The van der Waals surface area contributed by atoms with E-state index in [0.717, 1.165) is 28.9 Å². The fourth-order valence-corrected chi connectivity index (χ4v) is 5.74. The molecule has 0 heterocycles. The van der Waals surface area contributed by atoms with Crippen LogP contribution < -0.4 is 4.74 Å². The average Bonchev–Trinajstić information content (AvgIpc) is 2.74. The van der Waals surface area contributed by atoms with Gasteiger partial charge in [0, 0.05) is 0 Å². The lowest BCUT2D eigenvalue weighted by atomic mass is 9.63. The average molecular weight is 399 g/mol. The third kappa shape index (κ3) is 4.99. The van der Waals surface area contributed by atoms with Gasteiger partial charge < -0.3 is 4.74 Å². The van der Waals surface area contributed by atoms with Gasteiger partial charge in [-0.3, -0.25) is 0 Å². The summed E-state index contributed by atoms with van der Waals surface area (Å²) in [4.78, 5) is 0. The van der Waals surface area contributed by atoms with Gasteiger partial charge in [0.05, 0.1) is 0 Å². The zero-order chi connectivity index (χ0) is 20.2. The van der Waals surface area contributed by atoms with E-state index in [1.165, 1.54) is 56.9 Å². The normalized spacial score (nSPS) is 26.9. The van der Waals surface area contributed by atoms with Crippen LogP contribution in [0.25, 0.3) is 11.1 Å². The van der Waals surface area contributed by atoms with E-state index in [1.807, 2.05) is 12.1 Å². The predicted molar refractivity (Wildman–Crippen MR) is 114 cm³/mol. The number of fused-ring (bicyclic) bond motifs is 1. The highest BCUT2D eigenvalue weighted by atomic mass is 19.3. The molecule has 2 aromatic rings. The first-order chi connectivity index (χ1) is 14.1. The molecule has 29 heavy (non-hydrogen) atoms. The van der Waals surface area contributed by atoms with E-state index >= 15 is 0 Å². The summed E-state index contributed by atoms with van der Waals surface area (Å²) in [5.74, 6) is 3.75. The Balaban J connectivity index is 1.37. The number of alkyl halides is 2. The van der Waals surface area contributed by atoms with Crippen LogP contribution in [0.4, 0.5) is 8.78 Å². The minimum Gasteiger partial charge on any atom is -0.435 e. The molecule has 4 rings (SSSR count). The maximum Gasteiger partial charge on any atom is 0.387 e. The maximum atomic E-state index is 12.3. The lowest BCUT2D eigenvalue weighted by Crippen LogP contribution is -2.30. The molecule has 2 aliphatic rings. The van der Waals surface area contributed by atoms with Crippen LogP contribution in [0.3, 0.4) is 0 Å². The van der Waals surface area contributed by atoms with Gasteiger partial charge in [0.15, 0.2) is 0 Å². The predicted octanol–water partition coefficient (Wildman–Crippen LogP) is 8.06. The highest BCUT2D eigenvalue weighted by Gasteiger charge is 2.35. The van der Waals surface area contributed by atoms with Crippen molar-refractivity contribution in [2.75, 3.05) is 0 Å². The summed E-state index contributed by atoms with van der Waals surface area (Å²) < 4.78 is 29.0. The Kier molecular flexibility index (Phi) is 6.52. The molecule has 4 unspecified atom stereocenters. The molecule has 1 nitrogen and oxygen atoms in total. The fraction of sp³-hybridized carbons (Fsp3) is 0.538. The third-order valence-electron chi connectivity index (χ3n) is 7.21. The van der Waals surface area contributed by atoms with E-state index in [-0.39, 0.29) is 5.75 Å². The van der Waals surface area contributed by atoms with Gasteiger partial charge in [-0.2, -0.15) is 8.78 Å². The first-order valence-corrected chi connectivity index (χ1v) is 11.3. The molecule has 0 amide bonds. The molecule has 156 valence electrons. The lowest BCUT2D eigenvalue weighted by Gasteiger charge is -2.42. The molecule has 2 aromatic carbocycles. The van der Waals surface area contributed by atoms with Crippen molar-refractivity contribution in [2.24, 2.45) is 17.8 Å². The number of rotatable bonds is 6. The van der Waals surface area contributed by atoms with Crippen molar-refractivity contribution >= 4 is 0 Å². The molecule has 0 N–H and O–H groups in total. The Morgan fingerprint density at radius 2 is 1.45 bits per heavy atom. The molecule has 0 spiro atoms. The minimum atomic E-state index is -2.78. The number of halogens is 2. The zero-order valence-corrected chi connectivity index (χ0v) is 17.3. The summed E-state index contributed by atoms with van der Waals surface area (Å²) >= 11 is 0. The van der Waals surface area contributed by atoms with E-state index < -0.39 is 6.61 Å². The Morgan fingerprint density at radius 1 is 0.828 bits per heavy atom. The molecule has 2 fully saturated rings. The van der Waals surface area contributed by atoms with Gasteiger partial charge in [-0.15, -0.1) is 0 Å². The van der Waals surface area contributed by atoms with Crippen LogP contribution in [0.5, 0.6) is 5.75 Å². The third-order valence-corrected chi connectivity index (χ3v) is 7.21. The van der Waals surface area contributed by atoms with E-state index in [1.54, 1.807) is 12.1 Å². The van der Waals surface area contributed by atoms with E-state index in [9.17, 15) is 8.78 Å². The Morgan fingerprint density at radius 3 is 2.10 bits per heavy atom. The number of ether oxygens (including phenoxy) is 1. The molecule has 2 saturated carbocycles. The van der Waals surface area contributed by atoms with Crippen LogP contribution in [-0.2, 0) is 0 Å². The molecular weight excluding hydrogens is 366 g/mol. The number of hydrogen-bond acceptors (Lipinski definition) is 1. The highest BCUT2D eigenvalue weighted by Crippen LogP contribution is 2.48. The molecule has 0 radical (unpaired) electrons. The van der Waals surface area contributed by atoms with Crippen LogP contribution in [0, 0.1) is 17.8 Å². The maximum absolute atomic E-state index is 12.3. The van der Waals surface area contributed by atoms with Crippen LogP contribution in [0.2, 0.25) is 0 Å². The van der Waals surface area contributed by atoms with Crippen molar-refractivity contribution in [3.63, 3.8) is 0 Å².